The summed E-state index contributed by atoms with van der Waals surface area (Å²) < 4.78 is 1.61. The van der Waals surface area contributed by atoms with Gasteiger partial charge in [-0.3, -0.25) is 4.79 Å². The number of aromatic nitrogens is 4. The van der Waals surface area contributed by atoms with Gasteiger partial charge in [-0.05, 0) is 12.8 Å². The molecular weight excluding hydrogens is 180 g/mol. The van der Waals surface area contributed by atoms with Crippen LogP contribution in [0, 0.1) is 6.92 Å². The lowest BCUT2D eigenvalue weighted by Gasteiger charge is -2.03. The highest BCUT2D eigenvalue weighted by molar-refractivity contribution is 5.36. The Morgan fingerprint density at radius 2 is 2.21 bits per heavy atom. The highest BCUT2D eigenvalue weighted by Gasteiger charge is 2.10. The van der Waals surface area contributed by atoms with Crippen LogP contribution < -0.4 is 5.56 Å². The number of nitrogens with zero attached hydrogens (tertiary/aromatic N) is 3. The fraction of sp³-hybridized carbons (Fsp3) is 0.444. The molecule has 5 heteroatoms. The summed E-state index contributed by atoms with van der Waals surface area (Å²) in [4.78, 5) is 18.1. The van der Waals surface area contributed by atoms with E-state index in [1.807, 2.05) is 13.8 Å². The third-order valence-corrected chi connectivity index (χ3v) is 2.10. The second kappa shape index (κ2) is 2.94. The molecule has 5 nitrogen and oxygen atoms in total. The van der Waals surface area contributed by atoms with Gasteiger partial charge in [-0.25, -0.2) is 9.50 Å². The van der Waals surface area contributed by atoms with Crippen LogP contribution in [0.4, 0.5) is 0 Å². The molecule has 1 N–H and O–H groups in total. The molecule has 0 saturated heterocycles. The summed E-state index contributed by atoms with van der Waals surface area (Å²) in [6.07, 6.45) is 1.70. The molecule has 0 unspecified atom stereocenters. The molecule has 0 fully saturated rings. The number of imidazole rings is 1. The van der Waals surface area contributed by atoms with Crippen LogP contribution in [-0.2, 0) is 0 Å². The average molecular weight is 192 g/mol. The Morgan fingerprint density at radius 3 is 2.86 bits per heavy atom. The molecule has 74 valence electrons. The normalized spacial score (nSPS) is 11.4. The fourth-order valence-corrected chi connectivity index (χ4v) is 1.41. The Balaban J connectivity index is 2.85. The van der Waals surface area contributed by atoms with Crippen molar-refractivity contribution in [1.29, 1.82) is 0 Å². The minimum atomic E-state index is -0.190. The number of rotatable bonds is 1. The van der Waals surface area contributed by atoms with Gasteiger partial charge in [0.15, 0.2) is 0 Å². The number of hydrogen-bond donors (Lipinski definition) is 1. The molecule has 0 aromatic carbocycles. The molecule has 2 rings (SSSR count). The standard InChI is InChI=1S/C9H12N4O/c1-5(2)7-4-10-8-9(14)11-6(3)12-13(7)8/h4-5H,1-3H3,(H,11,12,14). The van der Waals surface area contributed by atoms with Gasteiger partial charge >= 0.3 is 0 Å². The first-order valence-electron chi connectivity index (χ1n) is 4.54. The van der Waals surface area contributed by atoms with Crippen molar-refractivity contribution in [1.82, 2.24) is 19.6 Å². The molecule has 2 aromatic rings. The summed E-state index contributed by atoms with van der Waals surface area (Å²) in [5.41, 5.74) is 1.12. The van der Waals surface area contributed by atoms with Gasteiger partial charge in [0.25, 0.3) is 5.56 Å². The summed E-state index contributed by atoms with van der Waals surface area (Å²) in [7, 11) is 0. The third-order valence-electron chi connectivity index (χ3n) is 2.10. The lowest BCUT2D eigenvalue weighted by molar-refractivity contribution is 0.733. The van der Waals surface area contributed by atoms with Crippen molar-refractivity contribution in [3.63, 3.8) is 0 Å². The Morgan fingerprint density at radius 1 is 1.50 bits per heavy atom. The van der Waals surface area contributed by atoms with E-state index in [0.29, 0.717) is 17.4 Å². The summed E-state index contributed by atoms with van der Waals surface area (Å²) in [6, 6.07) is 0. The van der Waals surface area contributed by atoms with Crippen molar-refractivity contribution in [2.24, 2.45) is 0 Å². The quantitative estimate of drug-likeness (QED) is 0.728. The summed E-state index contributed by atoms with van der Waals surface area (Å²) in [6.45, 7) is 5.84. The SMILES string of the molecule is Cc1nn2c(C(C)C)cnc2c(=O)[nH]1. The van der Waals surface area contributed by atoms with Gasteiger partial charge in [0.1, 0.15) is 5.82 Å². The van der Waals surface area contributed by atoms with Gasteiger partial charge in [-0.2, -0.15) is 5.10 Å². The number of aromatic amines is 1. The molecule has 0 aliphatic heterocycles. The van der Waals surface area contributed by atoms with Crippen molar-refractivity contribution < 1.29 is 0 Å². The Bertz CT molecular complexity index is 523. The van der Waals surface area contributed by atoms with Crippen molar-refractivity contribution >= 4 is 5.65 Å². The second-order valence-corrected chi connectivity index (χ2v) is 3.61. The van der Waals surface area contributed by atoms with Gasteiger partial charge in [0, 0.05) is 0 Å². The molecule has 0 saturated carbocycles. The van der Waals surface area contributed by atoms with Gasteiger partial charge < -0.3 is 4.98 Å². The summed E-state index contributed by atoms with van der Waals surface area (Å²) in [5.74, 6) is 0.904. The van der Waals surface area contributed by atoms with E-state index in [1.165, 1.54) is 0 Å². The zero-order valence-corrected chi connectivity index (χ0v) is 8.40. The first-order chi connectivity index (χ1) is 6.59. The molecule has 0 aliphatic carbocycles. The van der Waals surface area contributed by atoms with Crippen molar-refractivity contribution in [2.75, 3.05) is 0 Å². The van der Waals surface area contributed by atoms with E-state index in [0.717, 1.165) is 5.69 Å². The zero-order chi connectivity index (χ0) is 10.3. The van der Waals surface area contributed by atoms with E-state index >= 15 is 0 Å². The largest absolute Gasteiger partial charge is 0.306 e. The Hall–Kier alpha value is -1.65. The molecule has 2 heterocycles. The monoisotopic (exact) mass is 192 g/mol. The van der Waals surface area contributed by atoms with Gasteiger partial charge in [0.05, 0.1) is 11.9 Å². The van der Waals surface area contributed by atoms with E-state index in [2.05, 4.69) is 15.1 Å². The number of nitrogens with one attached hydrogen (secondary N) is 1. The van der Waals surface area contributed by atoms with E-state index in [1.54, 1.807) is 17.6 Å². The highest BCUT2D eigenvalue weighted by atomic mass is 16.1. The van der Waals surface area contributed by atoms with Crippen molar-refractivity contribution in [3.05, 3.63) is 28.1 Å². The molecular formula is C9H12N4O. The van der Waals surface area contributed by atoms with Crippen molar-refractivity contribution in [3.8, 4) is 0 Å². The van der Waals surface area contributed by atoms with Gasteiger partial charge in [-0.15, -0.1) is 0 Å². The average Bonchev–Trinajstić information content (AvgIpc) is 2.47. The molecule has 0 spiro atoms. The molecule has 0 amide bonds. The highest BCUT2D eigenvalue weighted by Crippen LogP contribution is 2.12. The summed E-state index contributed by atoms with van der Waals surface area (Å²) in [5, 5.41) is 4.22. The number of fused-ring (bicyclic) bond motifs is 1. The summed E-state index contributed by atoms with van der Waals surface area (Å²) >= 11 is 0. The molecule has 0 radical (unpaired) electrons. The van der Waals surface area contributed by atoms with E-state index in [4.69, 9.17) is 0 Å². The first-order valence-corrected chi connectivity index (χ1v) is 4.54. The van der Waals surface area contributed by atoms with Crippen LogP contribution in [0.3, 0.4) is 0 Å². The molecule has 0 aliphatic rings. The first kappa shape index (κ1) is 8.93. The smallest absolute Gasteiger partial charge is 0.294 e. The van der Waals surface area contributed by atoms with E-state index in [9.17, 15) is 4.79 Å². The van der Waals surface area contributed by atoms with Crippen LogP contribution in [-0.4, -0.2) is 19.6 Å². The fourth-order valence-electron chi connectivity index (χ4n) is 1.41. The lowest BCUT2D eigenvalue weighted by Crippen LogP contribution is -2.15. The van der Waals surface area contributed by atoms with E-state index in [-0.39, 0.29) is 5.56 Å². The maximum atomic E-state index is 11.5. The minimum absolute atomic E-state index is 0.190. The lowest BCUT2D eigenvalue weighted by atomic mass is 10.2. The molecule has 2 aromatic heterocycles. The maximum Gasteiger partial charge on any atom is 0.294 e. The Kier molecular flexibility index (Phi) is 1.87. The predicted octanol–water partition coefficient (Wildman–Crippen LogP) is 0.849. The van der Waals surface area contributed by atoms with Crippen LogP contribution in [0.5, 0.6) is 0 Å². The van der Waals surface area contributed by atoms with Crippen LogP contribution in [0.2, 0.25) is 0 Å². The van der Waals surface area contributed by atoms with E-state index < -0.39 is 0 Å². The third kappa shape index (κ3) is 1.21. The molecule has 0 atom stereocenters. The van der Waals surface area contributed by atoms with Gasteiger partial charge in [-0.1, -0.05) is 13.8 Å². The second-order valence-electron chi connectivity index (χ2n) is 3.61. The number of H-pyrrole nitrogens is 1. The van der Waals surface area contributed by atoms with Crippen LogP contribution in [0.25, 0.3) is 5.65 Å². The molecule has 0 bridgehead atoms. The number of aryl methyl sites for hydroxylation is 1. The zero-order valence-electron chi connectivity index (χ0n) is 8.40. The van der Waals surface area contributed by atoms with Crippen LogP contribution in [0.1, 0.15) is 31.3 Å². The van der Waals surface area contributed by atoms with Crippen LogP contribution in [0.15, 0.2) is 11.0 Å². The maximum absolute atomic E-state index is 11.5. The van der Waals surface area contributed by atoms with Gasteiger partial charge in [0.2, 0.25) is 5.65 Å². The predicted molar refractivity (Wildman–Crippen MR) is 52.4 cm³/mol. The number of hydrogen-bond acceptors (Lipinski definition) is 3. The Labute approximate surface area is 80.8 Å². The minimum Gasteiger partial charge on any atom is -0.306 e. The topological polar surface area (TPSA) is 63.1 Å². The van der Waals surface area contributed by atoms with Crippen molar-refractivity contribution in [2.45, 2.75) is 26.7 Å². The molecule has 14 heavy (non-hydrogen) atoms. The van der Waals surface area contributed by atoms with Crippen LogP contribution >= 0.6 is 0 Å².